The van der Waals surface area contributed by atoms with Gasteiger partial charge in [0.25, 0.3) is 5.91 Å². The first-order chi connectivity index (χ1) is 6.66. The third kappa shape index (κ3) is 2.55. The fourth-order valence-corrected chi connectivity index (χ4v) is 1.31. The summed E-state index contributed by atoms with van der Waals surface area (Å²) in [6, 6.07) is 0. The summed E-state index contributed by atoms with van der Waals surface area (Å²) in [6.07, 6.45) is 1.52. The number of nitrogens with zero attached hydrogens (tertiary/aromatic N) is 2. The van der Waals surface area contributed by atoms with Crippen LogP contribution in [-0.4, -0.2) is 35.9 Å². The monoisotopic (exact) mass is 261 g/mol. The number of amides is 1. The highest BCUT2D eigenvalue weighted by Gasteiger charge is 2.12. The number of hydrogen-bond donors (Lipinski definition) is 1. The zero-order valence-electron chi connectivity index (χ0n) is 8.08. The van der Waals surface area contributed by atoms with Crippen molar-refractivity contribution in [2.75, 3.05) is 20.3 Å². The van der Waals surface area contributed by atoms with E-state index in [-0.39, 0.29) is 5.91 Å². The van der Waals surface area contributed by atoms with Crippen molar-refractivity contribution < 1.29 is 9.53 Å². The smallest absolute Gasteiger partial charge is 0.255 e. The Hall–Kier alpha value is -0.880. The Bertz CT molecular complexity index is 324. The van der Waals surface area contributed by atoms with E-state index >= 15 is 0 Å². The molecule has 78 valence electrons. The van der Waals surface area contributed by atoms with Gasteiger partial charge in [0.05, 0.1) is 18.4 Å². The van der Waals surface area contributed by atoms with E-state index in [0.29, 0.717) is 23.3 Å². The maximum Gasteiger partial charge on any atom is 0.255 e. The maximum atomic E-state index is 11.5. The highest BCUT2D eigenvalue weighted by atomic mass is 79.9. The van der Waals surface area contributed by atoms with Crippen molar-refractivity contribution in [2.45, 2.75) is 0 Å². The summed E-state index contributed by atoms with van der Waals surface area (Å²) in [5.41, 5.74) is 0.531. The predicted octanol–water partition coefficient (Wildman–Crippen LogP) is 0.559. The van der Waals surface area contributed by atoms with Gasteiger partial charge in [-0.15, -0.1) is 0 Å². The standard InChI is InChI=1S/C8H12BrN3O2/c1-12-7(9)6(5-11-12)8(13)10-3-4-14-2/h5H,3-4H2,1-2H3,(H,10,13). The maximum absolute atomic E-state index is 11.5. The zero-order chi connectivity index (χ0) is 10.6. The van der Waals surface area contributed by atoms with E-state index in [1.165, 1.54) is 6.20 Å². The largest absolute Gasteiger partial charge is 0.383 e. The molecule has 0 atom stereocenters. The van der Waals surface area contributed by atoms with Gasteiger partial charge in [-0.2, -0.15) is 5.10 Å². The first-order valence-corrected chi connectivity index (χ1v) is 4.90. The molecule has 0 saturated heterocycles. The number of aromatic nitrogens is 2. The van der Waals surface area contributed by atoms with Crippen LogP contribution in [0.2, 0.25) is 0 Å². The molecule has 1 N–H and O–H groups in total. The van der Waals surface area contributed by atoms with E-state index in [1.54, 1.807) is 18.8 Å². The van der Waals surface area contributed by atoms with Crippen molar-refractivity contribution >= 4 is 21.8 Å². The summed E-state index contributed by atoms with van der Waals surface area (Å²) in [5, 5.41) is 6.65. The van der Waals surface area contributed by atoms with Gasteiger partial charge in [-0.25, -0.2) is 0 Å². The molecule has 1 amide bonds. The second-order valence-corrected chi connectivity index (χ2v) is 3.47. The fraction of sp³-hybridized carbons (Fsp3) is 0.500. The Morgan fingerprint density at radius 2 is 2.50 bits per heavy atom. The van der Waals surface area contributed by atoms with Crippen molar-refractivity contribution in [1.29, 1.82) is 0 Å². The lowest BCUT2D eigenvalue weighted by Crippen LogP contribution is -2.26. The molecule has 1 rings (SSSR count). The SMILES string of the molecule is COCCNC(=O)c1cnn(C)c1Br. The Kier molecular flexibility index (Phi) is 4.09. The van der Waals surface area contributed by atoms with Crippen LogP contribution in [0.25, 0.3) is 0 Å². The van der Waals surface area contributed by atoms with Crippen LogP contribution in [0.4, 0.5) is 0 Å². The zero-order valence-corrected chi connectivity index (χ0v) is 9.67. The average molecular weight is 262 g/mol. The van der Waals surface area contributed by atoms with Crippen molar-refractivity contribution in [2.24, 2.45) is 7.05 Å². The molecule has 0 unspecified atom stereocenters. The van der Waals surface area contributed by atoms with Crippen molar-refractivity contribution in [3.8, 4) is 0 Å². The van der Waals surface area contributed by atoms with Crippen LogP contribution in [0.1, 0.15) is 10.4 Å². The van der Waals surface area contributed by atoms with E-state index in [9.17, 15) is 4.79 Å². The molecule has 5 nitrogen and oxygen atoms in total. The number of hydrogen-bond acceptors (Lipinski definition) is 3. The highest BCUT2D eigenvalue weighted by molar-refractivity contribution is 9.10. The van der Waals surface area contributed by atoms with Gasteiger partial charge in [0.1, 0.15) is 4.60 Å². The molecule has 1 aromatic heterocycles. The summed E-state index contributed by atoms with van der Waals surface area (Å²) < 4.78 is 7.08. The van der Waals surface area contributed by atoms with Crippen LogP contribution >= 0.6 is 15.9 Å². The molecule has 1 heterocycles. The van der Waals surface area contributed by atoms with Crippen LogP contribution in [0.3, 0.4) is 0 Å². The lowest BCUT2D eigenvalue weighted by Gasteiger charge is -2.02. The van der Waals surface area contributed by atoms with E-state index in [2.05, 4.69) is 26.3 Å². The number of rotatable bonds is 4. The van der Waals surface area contributed by atoms with Gasteiger partial charge in [0.2, 0.25) is 0 Å². The molecule has 0 aliphatic rings. The summed E-state index contributed by atoms with van der Waals surface area (Å²) in [7, 11) is 3.35. The van der Waals surface area contributed by atoms with Crippen LogP contribution < -0.4 is 5.32 Å². The van der Waals surface area contributed by atoms with Gasteiger partial charge in [0, 0.05) is 20.7 Å². The molecular weight excluding hydrogens is 250 g/mol. The second kappa shape index (κ2) is 5.11. The molecule has 1 aromatic rings. The van der Waals surface area contributed by atoms with Crippen LogP contribution in [0, 0.1) is 0 Å². The van der Waals surface area contributed by atoms with E-state index < -0.39 is 0 Å². The lowest BCUT2D eigenvalue weighted by molar-refractivity contribution is 0.0936. The number of nitrogens with one attached hydrogen (secondary N) is 1. The van der Waals surface area contributed by atoms with E-state index in [1.807, 2.05) is 0 Å². The van der Waals surface area contributed by atoms with Crippen molar-refractivity contribution in [3.63, 3.8) is 0 Å². The molecule has 6 heteroatoms. The molecule has 0 saturated carbocycles. The third-order valence-corrected chi connectivity index (χ3v) is 2.64. The number of ether oxygens (including phenoxy) is 1. The first-order valence-electron chi connectivity index (χ1n) is 4.11. The van der Waals surface area contributed by atoms with Crippen LogP contribution in [0.5, 0.6) is 0 Å². The molecule has 14 heavy (non-hydrogen) atoms. The van der Waals surface area contributed by atoms with Gasteiger partial charge in [-0.3, -0.25) is 9.48 Å². The molecule has 0 spiro atoms. The summed E-state index contributed by atoms with van der Waals surface area (Å²) in [4.78, 5) is 11.5. The number of methoxy groups -OCH3 is 1. The molecule has 0 bridgehead atoms. The fourth-order valence-electron chi connectivity index (χ4n) is 0.937. The van der Waals surface area contributed by atoms with Gasteiger partial charge >= 0.3 is 0 Å². The average Bonchev–Trinajstić information content (AvgIpc) is 2.48. The highest BCUT2D eigenvalue weighted by Crippen LogP contribution is 2.14. The van der Waals surface area contributed by atoms with Crippen LogP contribution in [0.15, 0.2) is 10.8 Å². The summed E-state index contributed by atoms with van der Waals surface area (Å²) >= 11 is 3.27. The first kappa shape index (κ1) is 11.2. The third-order valence-electron chi connectivity index (χ3n) is 1.70. The van der Waals surface area contributed by atoms with Gasteiger partial charge in [0.15, 0.2) is 0 Å². The van der Waals surface area contributed by atoms with E-state index in [4.69, 9.17) is 4.74 Å². The summed E-state index contributed by atoms with van der Waals surface area (Å²) in [5.74, 6) is -0.151. The molecule has 0 radical (unpaired) electrons. The summed E-state index contributed by atoms with van der Waals surface area (Å²) in [6.45, 7) is 1.00. The van der Waals surface area contributed by atoms with E-state index in [0.717, 1.165) is 0 Å². The number of halogens is 1. The number of carbonyl (C=O) groups excluding carboxylic acids is 1. The van der Waals surface area contributed by atoms with Gasteiger partial charge in [-0.05, 0) is 15.9 Å². The Labute approximate surface area is 90.6 Å². The van der Waals surface area contributed by atoms with Crippen LogP contribution in [-0.2, 0) is 11.8 Å². The van der Waals surface area contributed by atoms with Gasteiger partial charge in [-0.1, -0.05) is 0 Å². The number of carbonyl (C=O) groups is 1. The molecular formula is C8H12BrN3O2. The minimum Gasteiger partial charge on any atom is -0.383 e. The minimum atomic E-state index is -0.151. The molecule has 0 fully saturated rings. The molecule has 0 aromatic carbocycles. The molecule has 0 aliphatic carbocycles. The molecule has 0 aliphatic heterocycles. The predicted molar refractivity (Wildman–Crippen MR) is 55.1 cm³/mol. The Balaban J connectivity index is 2.56. The topological polar surface area (TPSA) is 56.1 Å². The quantitative estimate of drug-likeness (QED) is 0.806. The Morgan fingerprint density at radius 1 is 1.79 bits per heavy atom. The lowest BCUT2D eigenvalue weighted by atomic mass is 10.3. The Morgan fingerprint density at radius 3 is 3.00 bits per heavy atom. The normalized spacial score (nSPS) is 10.2. The minimum absolute atomic E-state index is 0.151. The van der Waals surface area contributed by atoms with Crippen molar-refractivity contribution in [3.05, 3.63) is 16.4 Å². The van der Waals surface area contributed by atoms with Gasteiger partial charge < -0.3 is 10.1 Å². The second-order valence-electron chi connectivity index (χ2n) is 2.72. The van der Waals surface area contributed by atoms with Crippen molar-refractivity contribution in [1.82, 2.24) is 15.1 Å². The number of aryl methyl sites for hydroxylation is 1.